The van der Waals surface area contributed by atoms with Crippen molar-refractivity contribution in [2.45, 2.75) is 6.54 Å². The lowest BCUT2D eigenvalue weighted by atomic mass is 10.3. The van der Waals surface area contributed by atoms with Gasteiger partial charge in [-0.2, -0.15) is 11.8 Å². The fourth-order valence-electron chi connectivity index (χ4n) is 1.52. The van der Waals surface area contributed by atoms with Gasteiger partial charge in [0.25, 0.3) is 0 Å². The van der Waals surface area contributed by atoms with E-state index in [0.717, 1.165) is 33.6 Å². The van der Waals surface area contributed by atoms with E-state index in [9.17, 15) is 0 Å². The van der Waals surface area contributed by atoms with Crippen molar-refractivity contribution in [1.82, 2.24) is 15.0 Å². The van der Waals surface area contributed by atoms with Gasteiger partial charge in [0.15, 0.2) is 5.52 Å². The second-order valence-corrected chi connectivity index (χ2v) is 5.09. The van der Waals surface area contributed by atoms with Crippen LogP contribution in [-0.2, 0) is 6.54 Å². The standard InChI is InChI=1S/C10H12BrN3OS/c1-15-8-4-3-7(11)10-9(8)12-13-14(10)5-6-16-2/h3-4H,5-6H2,1-2H3. The molecule has 0 bridgehead atoms. The van der Waals surface area contributed by atoms with Gasteiger partial charge in [0, 0.05) is 10.2 Å². The molecule has 86 valence electrons. The molecule has 0 spiro atoms. The highest BCUT2D eigenvalue weighted by atomic mass is 79.9. The molecule has 0 N–H and O–H groups in total. The number of ether oxygens (including phenoxy) is 1. The third kappa shape index (κ3) is 2.04. The van der Waals surface area contributed by atoms with E-state index in [2.05, 4.69) is 32.5 Å². The highest BCUT2D eigenvalue weighted by Crippen LogP contribution is 2.29. The zero-order valence-corrected chi connectivity index (χ0v) is 11.5. The third-order valence-electron chi connectivity index (χ3n) is 2.30. The Bertz CT molecular complexity index is 500. The van der Waals surface area contributed by atoms with Crippen LogP contribution in [0.1, 0.15) is 0 Å². The number of aromatic nitrogens is 3. The lowest BCUT2D eigenvalue weighted by molar-refractivity contribution is 0.418. The minimum Gasteiger partial charge on any atom is -0.494 e. The molecule has 4 nitrogen and oxygen atoms in total. The van der Waals surface area contributed by atoms with E-state index in [1.807, 2.05) is 16.8 Å². The molecule has 0 saturated heterocycles. The highest BCUT2D eigenvalue weighted by molar-refractivity contribution is 9.10. The van der Waals surface area contributed by atoms with Crippen molar-refractivity contribution in [3.8, 4) is 5.75 Å². The normalized spacial score (nSPS) is 10.9. The first kappa shape index (κ1) is 11.7. The van der Waals surface area contributed by atoms with E-state index in [1.165, 1.54) is 0 Å². The molecule has 1 aromatic heterocycles. The number of rotatable bonds is 4. The zero-order valence-electron chi connectivity index (χ0n) is 9.11. The number of nitrogens with zero attached hydrogens (tertiary/aromatic N) is 3. The molecule has 0 fully saturated rings. The quantitative estimate of drug-likeness (QED) is 0.870. The number of aryl methyl sites for hydroxylation is 1. The molecule has 0 unspecified atom stereocenters. The van der Waals surface area contributed by atoms with E-state index in [4.69, 9.17) is 4.74 Å². The van der Waals surface area contributed by atoms with Crippen LogP contribution in [0.2, 0.25) is 0 Å². The molecule has 0 radical (unpaired) electrons. The minimum absolute atomic E-state index is 0.758. The fourth-order valence-corrected chi connectivity index (χ4v) is 2.40. The summed E-state index contributed by atoms with van der Waals surface area (Å²) in [4.78, 5) is 0. The molecule has 2 aromatic rings. The third-order valence-corrected chi connectivity index (χ3v) is 3.53. The molecule has 0 aliphatic rings. The van der Waals surface area contributed by atoms with Crippen molar-refractivity contribution in [2.24, 2.45) is 0 Å². The first-order valence-corrected chi connectivity index (χ1v) is 7.01. The fraction of sp³-hybridized carbons (Fsp3) is 0.400. The van der Waals surface area contributed by atoms with Gasteiger partial charge in [-0.05, 0) is 34.3 Å². The summed E-state index contributed by atoms with van der Waals surface area (Å²) in [5, 5.41) is 8.30. The van der Waals surface area contributed by atoms with Gasteiger partial charge in [0.05, 0.1) is 13.7 Å². The van der Waals surface area contributed by atoms with Crippen LogP contribution in [0.4, 0.5) is 0 Å². The summed E-state index contributed by atoms with van der Waals surface area (Å²) in [6.45, 7) is 0.851. The second kappa shape index (κ2) is 5.05. The molecule has 1 heterocycles. The van der Waals surface area contributed by atoms with E-state index >= 15 is 0 Å². The molecule has 0 atom stereocenters. The van der Waals surface area contributed by atoms with E-state index in [1.54, 1.807) is 18.9 Å². The van der Waals surface area contributed by atoms with Crippen molar-refractivity contribution in [2.75, 3.05) is 19.1 Å². The van der Waals surface area contributed by atoms with Crippen LogP contribution in [0.3, 0.4) is 0 Å². The molecule has 0 aliphatic heterocycles. The van der Waals surface area contributed by atoms with Gasteiger partial charge in [-0.1, -0.05) is 5.21 Å². The van der Waals surface area contributed by atoms with Gasteiger partial charge in [-0.15, -0.1) is 5.10 Å². The van der Waals surface area contributed by atoms with Gasteiger partial charge in [0.1, 0.15) is 11.3 Å². The van der Waals surface area contributed by atoms with Crippen LogP contribution in [0.25, 0.3) is 11.0 Å². The van der Waals surface area contributed by atoms with Crippen molar-refractivity contribution in [1.29, 1.82) is 0 Å². The highest BCUT2D eigenvalue weighted by Gasteiger charge is 2.12. The summed E-state index contributed by atoms with van der Waals surface area (Å²) in [5.41, 5.74) is 1.80. The molecule has 0 saturated carbocycles. The molecule has 6 heteroatoms. The largest absolute Gasteiger partial charge is 0.494 e. The van der Waals surface area contributed by atoms with Crippen LogP contribution >= 0.6 is 27.7 Å². The predicted molar refractivity (Wildman–Crippen MR) is 70.2 cm³/mol. The molecule has 1 aromatic carbocycles. The lowest BCUT2D eigenvalue weighted by Gasteiger charge is -2.04. The second-order valence-electron chi connectivity index (χ2n) is 3.25. The van der Waals surface area contributed by atoms with Gasteiger partial charge >= 0.3 is 0 Å². The van der Waals surface area contributed by atoms with Crippen molar-refractivity contribution in [3.63, 3.8) is 0 Å². The molecule has 0 amide bonds. The number of benzene rings is 1. The Morgan fingerprint density at radius 3 is 3.00 bits per heavy atom. The summed E-state index contributed by atoms with van der Waals surface area (Å²) < 4.78 is 8.15. The zero-order chi connectivity index (χ0) is 11.5. The summed E-state index contributed by atoms with van der Waals surface area (Å²) in [6, 6.07) is 3.85. The van der Waals surface area contributed by atoms with E-state index < -0.39 is 0 Å². The van der Waals surface area contributed by atoms with Crippen LogP contribution in [-0.4, -0.2) is 34.1 Å². The monoisotopic (exact) mass is 301 g/mol. The smallest absolute Gasteiger partial charge is 0.156 e. The van der Waals surface area contributed by atoms with E-state index in [-0.39, 0.29) is 0 Å². The Hall–Kier alpha value is -0.750. The molecular weight excluding hydrogens is 290 g/mol. The van der Waals surface area contributed by atoms with Crippen LogP contribution in [0.5, 0.6) is 5.75 Å². The van der Waals surface area contributed by atoms with Crippen LogP contribution < -0.4 is 4.74 Å². The first-order chi connectivity index (χ1) is 7.77. The van der Waals surface area contributed by atoms with Crippen molar-refractivity contribution in [3.05, 3.63) is 16.6 Å². The maximum atomic E-state index is 5.26. The van der Waals surface area contributed by atoms with Crippen molar-refractivity contribution >= 4 is 38.7 Å². The number of fused-ring (bicyclic) bond motifs is 1. The lowest BCUT2D eigenvalue weighted by Crippen LogP contribution is -2.02. The molecular formula is C10H12BrN3OS. The van der Waals surface area contributed by atoms with Crippen LogP contribution in [0.15, 0.2) is 16.6 Å². The summed E-state index contributed by atoms with van der Waals surface area (Å²) >= 11 is 5.31. The Kier molecular flexibility index (Phi) is 3.70. The maximum absolute atomic E-state index is 5.26. The summed E-state index contributed by atoms with van der Waals surface area (Å²) in [5.74, 6) is 1.77. The van der Waals surface area contributed by atoms with Gasteiger partial charge in [-0.25, -0.2) is 4.68 Å². The topological polar surface area (TPSA) is 39.9 Å². The number of hydrogen-bond donors (Lipinski definition) is 0. The number of methoxy groups -OCH3 is 1. The van der Waals surface area contributed by atoms with Gasteiger partial charge < -0.3 is 4.74 Å². The Morgan fingerprint density at radius 1 is 1.50 bits per heavy atom. The molecule has 0 aliphatic carbocycles. The minimum atomic E-state index is 0.758. The number of halogens is 1. The molecule has 2 rings (SSSR count). The predicted octanol–water partition coefficient (Wildman–Crippen LogP) is 2.57. The summed E-state index contributed by atoms with van der Waals surface area (Å²) in [6.07, 6.45) is 2.08. The Morgan fingerprint density at radius 2 is 2.31 bits per heavy atom. The average molecular weight is 302 g/mol. The Balaban J connectivity index is 2.52. The van der Waals surface area contributed by atoms with E-state index in [0.29, 0.717) is 0 Å². The van der Waals surface area contributed by atoms with Crippen LogP contribution in [0, 0.1) is 0 Å². The average Bonchev–Trinajstić information content (AvgIpc) is 2.72. The Labute approximate surface area is 106 Å². The van der Waals surface area contributed by atoms with Crippen molar-refractivity contribution < 1.29 is 4.74 Å². The first-order valence-electron chi connectivity index (χ1n) is 4.82. The summed E-state index contributed by atoms with van der Waals surface area (Å²) in [7, 11) is 1.64. The number of hydrogen-bond acceptors (Lipinski definition) is 4. The maximum Gasteiger partial charge on any atom is 0.156 e. The van der Waals surface area contributed by atoms with Gasteiger partial charge in [-0.3, -0.25) is 0 Å². The molecule has 16 heavy (non-hydrogen) atoms. The van der Waals surface area contributed by atoms with Gasteiger partial charge in [0.2, 0.25) is 0 Å². The number of thioether (sulfide) groups is 1. The SMILES string of the molecule is COc1ccc(Br)c2c1nnn2CCSC.